The van der Waals surface area contributed by atoms with Gasteiger partial charge in [0.25, 0.3) is 0 Å². The average molecular weight is 265 g/mol. The molecule has 8 heteroatoms. The highest BCUT2D eigenvalue weighted by Crippen LogP contribution is 2.16. The molecule has 0 amide bonds. The first kappa shape index (κ1) is 13.4. The maximum Gasteiger partial charge on any atom is 0.303 e. The molecule has 1 rings (SSSR count). The number of thiazole rings is 1. The van der Waals surface area contributed by atoms with Crippen molar-refractivity contribution in [2.75, 3.05) is 24.9 Å². The van der Waals surface area contributed by atoms with Crippen LogP contribution in [0.4, 0.5) is 5.13 Å². The number of aliphatic hydroxyl groups excluding tert-OH is 1. The lowest BCUT2D eigenvalue weighted by atomic mass is 10.5. The summed E-state index contributed by atoms with van der Waals surface area (Å²) in [7, 11) is -2.10. The lowest BCUT2D eigenvalue weighted by Crippen LogP contribution is -2.33. The zero-order valence-electron chi connectivity index (χ0n) is 9.17. The van der Waals surface area contributed by atoms with Crippen LogP contribution >= 0.6 is 11.3 Å². The van der Waals surface area contributed by atoms with Crippen molar-refractivity contribution in [2.45, 2.75) is 13.3 Å². The van der Waals surface area contributed by atoms with Crippen LogP contribution in [0.1, 0.15) is 12.1 Å². The first-order chi connectivity index (χ1) is 7.45. The standard InChI is InChI=1S/C8H15N3O3S2/c1-7-6-15-8(9-7)10-16(13,14)11(2)4-3-5-12/h6,12H,3-5H2,1-2H3,(H,9,10). The van der Waals surface area contributed by atoms with Crippen molar-refractivity contribution in [1.82, 2.24) is 9.29 Å². The van der Waals surface area contributed by atoms with Crippen LogP contribution in [0.5, 0.6) is 0 Å². The maximum absolute atomic E-state index is 11.7. The highest BCUT2D eigenvalue weighted by molar-refractivity contribution is 7.90. The lowest BCUT2D eigenvalue weighted by molar-refractivity contribution is 0.276. The van der Waals surface area contributed by atoms with Crippen molar-refractivity contribution >= 4 is 26.7 Å². The van der Waals surface area contributed by atoms with Gasteiger partial charge >= 0.3 is 10.2 Å². The summed E-state index contributed by atoms with van der Waals surface area (Å²) in [6.45, 7) is 2.04. The van der Waals surface area contributed by atoms with Crippen molar-refractivity contribution in [2.24, 2.45) is 0 Å². The van der Waals surface area contributed by atoms with E-state index in [2.05, 4.69) is 9.71 Å². The third kappa shape index (κ3) is 3.71. The van der Waals surface area contributed by atoms with Gasteiger partial charge in [-0.1, -0.05) is 0 Å². The number of nitrogens with one attached hydrogen (secondary N) is 1. The number of aryl methyl sites for hydroxylation is 1. The zero-order valence-corrected chi connectivity index (χ0v) is 10.8. The second kappa shape index (κ2) is 5.58. The quantitative estimate of drug-likeness (QED) is 0.781. The SMILES string of the molecule is Cc1csc(NS(=O)(=O)N(C)CCCO)n1. The molecule has 0 unspecified atom stereocenters. The molecule has 0 aliphatic rings. The Morgan fingerprint density at radius 2 is 2.31 bits per heavy atom. The van der Waals surface area contributed by atoms with Crippen LogP contribution in [0.2, 0.25) is 0 Å². The number of aliphatic hydroxyl groups is 1. The molecule has 1 aromatic heterocycles. The number of hydrogen-bond acceptors (Lipinski definition) is 5. The molecule has 0 aromatic carbocycles. The molecule has 0 radical (unpaired) electrons. The van der Waals surface area contributed by atoms with Crippen molar-refractivity contribution in [3.63, 3.8) is 0 Å². The van der Waals surface area contributed by atoms with Gasteiger partial charge < -0.3 is 5.11 Å². The maximum atomic E-state index is 11.7. The molecular formula is C8H15N3O3S2. The molecule has 92 valence electrons. The molecule has 6 nitrogen and oxygen atoms in total. The zero-order chi connectivity index (χ0) is 12.2. The van der Waals surface area contributed by atoms with Gasteiger partial charge in [0.15, 0.2) is 5.13 Å². The Morgan fingerprint density at radius 1 is 1.62 bits per heavy atom. The van der Waals surface area contributed by atoms with E-state index in [1.807, 2.05) is 0 Å². The number of nitrogens with zero attached hydrogens (tertiary/aromatic N) is 2. The third-order valence-corrected chi connectivity index (χ3v) is 4.34. The molecular weight excluding hydrogens is 250 g/mol. The second-order valence-electron chi connectivity index (χ2n) is 3.30. The van der Waals surface area contributed by atoms with E-state index in [0.717, 1.165) is 10.00 Å². The summed E-state index contributed by atoms with van der Waals surface area (Å²) in [5.41, 5.74) is 0.778. The van der Waals surface area contributed by atoms with E-state index < -0.39 is 10.2 Å². The number of rotatable bonds is 6. The summed E-state index contributed by atoms with van der Waals surface area (Å²) in [5.74, 6) is 0. The van der Waals surface area contributed by atoms with Gasteiger partial charge in [0.05, 0.1) is 5.69 Å². The molecule has 0 fully saturated rings. The largest absolute Gasteiger partial charge is 0.396 e. The van der Waals surface area contributed by atoms with Crippen LogP contribution in [0.15, 0.2) is 5.38 Å². The van der Waals surface area contributed by atoms with E-state index in [9.17, 15) is 8.42 Å². The topological polar surface area (TPSA) is 82.5 Å². The van der Waals surface area contributed by atoms with E-state index >= 15 is 0 Å². The van der Waals surface area contributed by atoms with Gasteiger partial charge in [-0.05, 0) is 13.3 Å². The Balaban J connectivity index is 2.64. The lowest BCUT2D eigenvalue weighted by Gasteiger charge is -2.16. The summed E-state index contributed by atoms with van der Waals surface area (Å²) in [5, 5.41) is 10.7. The fourth-order valence-corrected chi connectivity index (χ4v) is 2.83. The molecule has 0 bridgehead atoms. The van der Waals surface area contributed by atoms with Crippen molar-refractivity contribution in [1.29, 1.82) is 0 Å². The molecule has 0 aliphatic heterocycles. The third-order valence-electron chi connectivity index (χ3n) is 1.88. The van der Waals surface area contributed by atoms with Gasteiger partial charge in [0.2, 0.25) is 0 Å². The minimum absolute atomic E-state index is 0.0315. The molecule has 2 N–H and O–H groups in total. The Hall–Kier alpha value is -0.700. The predicted molar refractivity (Wildman–Crippen MR) is 63.7 cm³/mol. The van der Waals surface area contributed by atoms with Crippen LogP contribution in [0.3, 0.4) is 0 Å². The van der Waals surface area contributed by atoms with Crippen molar-refractivity contribution < 1.29 is 13.5 Å². The van der Waals surface area contributed by atoms with E-state index in [-0.39, 0.29) is 13.2 Å². The second-order valence-corrected chi connectivity index (χ2v) is 5.94. The molecule has 0 saturated carbocycles. The van der Waals surface area contributed by atoms with E-state index in [4.69, 9.17) is 5.11 Å². The molecule has 0 saturated heterocycles. The van der Waals surface area contributed by atoms with Crippen LogP contribution in [0.25, 0.3) is 0 Å². The Morgan fingerprint density at radius 3 is 2.81 bits per heavy atom. The summed E-state index contributed by atoms with van der Waals surface area (Å²) >= 11 is 1.24. The molecule has 0 spiro atoms. The van der Waals surface area contributed by atoms with E-state index in [0.29, 0.717) is 11.6 Å². The first-order valence-corrected chi connectivity index (χ1v) is 7.05. The Labute approximate surface area is 99.1 Å². The highest BCUT2D eigenvalue weighted by Gasteiger charge is 2.18. The van der Waals surface area contributed by atoms with Gasteiger partial charge in [-0.3, -0.25) is 0 Å². The monoisotopic (exact) mass is 265 g/mol. The van der Waals surface area contributed by atoms with Gasteiger partial charge in [-0.15, -0.1) is 11.3 Å². The number of anilines is 1. The van der Waals surface area contributed by atoms with Crippen LogP contribution in [-0.4, -0.2) is 43.0 Å². The molecule has 1 aromatic rings. The molecule has 0 atom stereocenters. The fraction of sp³-hybridized carbons (Fsp3) is 0.625. The van der Waals surface area contributed by atoms with Crippen LogP contribution in [0, 0.1) is 6.92 Å². The Bertz CT molecular complexity index is 429. The summed E-state index contributed by atoms with van der Waals surface area (Å²) < 4.78 is 27.0. The normalized spacial score (nSPS) is 12.0. The summed E-state index contributed by atoms with van der Waals surface area (Å²) in [4.78, 5) is 4.01. The summed E-state index contributed by atoms with van der Waals surface area (Å²) in [6, 6.07) is 0. The molecule has 0 aliphatic carbocycles. The highest BCUT2D eigenvalue weighted by atomic mass is 32.2. The van der Waals surface area contributed by atoms with Gasteiger partial charge in [-0.2, -0.15) is 12.7 Å². The number of hydrogen-bond donors (Lipinski definition) is 2. The Kier molecular flexibility index (Phi) is 4.66. The number of aromatic nitrogens is 1. The minimum Gasteiger partial charge on any atom is -0.396 e. The van der Waals surface area contributed by atoms with Gasteiger partial charge in [-0.25, -0.2) is 9.71 Å². The van der Waals surface area contributed by atoms with Crippen LogP contribution < -0.4 is 4.72 Å². The smallest absolute Gasteiger partial charge is 0.303 e. The first-order valence-electron chi connectivity index (χ1n) is 4.73. The minimum atomic E-state index is -3.55. The van der Waals surface area contributed by atoms with Crippen molar-refractivity contribution in [3.05, 3.63) is 11.1 Å². The average Bonchev–Trinajstić information content (AvgIpc) is 2.59. The fourth-order valence-electron chi connectivity index (χ4n) is 1.00. The van der Waals surface area contributed by atoms with Gasteiger partial charge in [0.1, 0.15) is 0 Å². The van der Waals surface area contributed by atoms with E-state index in [1.54, 1.807) is 12.3 Å². The predicted octanol–water partition coefficient (Wildman–Crippen LogP) is 0.422. The molecule has 16 heavy (non-hydrogen) atoms. The van der Waals surface area contributed by atoms with E-state index in [1.165, 1.54) is 18.4 Å². The van der Waals surface area contributed by atoms with Gasteiger partial charge in [0, 0.05) is 25.6 Å². The summed E-state index contributed by atoms with van der Waals surface area (Å²) in [6.07, 6.45) is 0.411. The molecule has 1 heterocycles. The van der Waals surface area contributed by atoms with Crippen molar-refractivity contribution in [3.8, 4) is 0 Å². The van der Waals surface area contributed by atoms with Crippen LogP contribution in [-0.2, 0) is 10.2 Å².